The van der Waals surface area contributed by atoms with Crippen molar-refractivity contribution in [2.75, 3.05) is 18.6 Å². The van der Waals surface area contributed by atoms with E-state index in [1.54, 1.807) is 63.5 Å². The number of carbonyl (C=O) groups is 2. The largest absolute Gasteiger partial charge is 0.489 e. The normalized spacial score (nSPS) is 16.1. The van der Waals surface area contributed by atoms with Crippen molar-refractivity contribution in [3.63, 3.8) is 0 Å². The third-order valence-electron chi connectivity index (χ3n) is 5.42. The Hall–Kier alpha value is -3.71. The number of aliphatic hydroxyl groups is 1. The maximum atomic E-state index is 13.1. The smallest absolute Gasteiger partial charge is 0.252 e. The zero-order valence-electron chi connectivity index (χ0n) is 18.2. The van der Waals surface area contributed by atoms with Crippen LogP contribution >= 0.6 is 0 Å². The Morgan fingerprint density at radius 2 is 1.84 bits per heavy atom. The Morgan fingerprint density at radius 3 is 2.50 bits per heavy atom. The zero-order valence-corrected chi connectivity index (χ0v) is 18.2. The molecule has 0 spiro atoms. The van der Waals surface area contributed by atoms with Crippen LogP contribution in [0.2, 0.25) is 0 Å². The van der Waals surface area contributed by atoms with Gasteiger partial charge in [0.15, 0.2) is 0 Å². The highest BCUT2D eigenvalue weighted by Gasteiger charge is 2.31. The lowest BCUT2D eigenvalue weighted by atomic mass is 10.0. The molecule has 2 heterocycles. The molecule has 4 rings (SSSR count). The summed E-state index contributed by atoms with van der Waals surface area (Å²) in [5.41, 5.74) is 2.34. The van der Waals surface area contributed by atoms with Crippen LogP contribution in [0, 0.1) is 0 Å². The first-order chi connectivity index (χ1) is 15.2. The van der Waals surface area contributed by atoms with Crippen LogP contribution < -0.4 is 15.0 Å². The first kappa shape index (κ1) is 21.5. The first-order valence-electron chi connectivity index (χ1n) is 10.3. The zero-order chi connectivity index (χ0) is 22.9. The number of hydrogen-bond donors (Lipinski definition) is 2. The quantitative estimate of drug-likeness (QED) is 0.662. The number of fused-ring (bicyclic) bond motifs is 1. The molecule has 7 heteroatoms. The third-order valence-corrected chi connectivity index (χ3v) is 5.42. The number of nitrogens with one attached hydrogen (secondary N) is 1. The molecule has 3 aromatic rings. The summed E-state index contributed by atoms with van der Waals surface area (Å²) in [5, 5.41) is 12.9. The number of nitrogens with zero attached hydrogens (tertiary/aromatic N) is 2. The van der Waals surface area contributed by atoms with Crippen LogP contribution in [0.5, 0.6) is 5.75 Å². The number of pyridine rings is 1. The van der Waals surface area contributed by atoms with Crippen LogP contribution in [0.3, 0.4) is 0 Å². The van der Waals surface area contributed by atoms with Gasteiger partial charge < -0.3 is 20.1 Å². The van der Waals surface area contributed by atoms with Gasteiger partial charge in [0, 0.05) is 24.4 Å². The lowest BCUT2D eigenvalue weighted by Gasteiger charge is -2.21. The lowest BCUT2D eigenvalue weighted by Crippen LogP contribution is -2.49. The van der Waals surface area contributed by atoms with Gasteiger partial charge in [-0.1, -0.05) is 30.3 Å². The molecule has 2 amide bonds. The van der Waals surface area contributed by atoms with Crippen molar-refractivity contribution in [3.8, 4) is 16.9 Å². The van der Waals surface area contributed by atoms with Crippen LogP contribution in [0.15, 0.2) is 66.9 Å². The molecule has 7 nitrogen and oxygen atoms in total. The van der Waals surface area contributed by atoms with Crippen molar-refractivity contribution in [2.24, 2.45) is 0 Å². The predicted octanol–water partition coefficient (Wildman–Crippen LogP) is 3.13. The van der Waals surface area contributed by atoms with Crippen molar-refractivity contribution >= 4 is 17.5 Å². The molecule has 1 atom stereocenters. The molecule has 164 valence electrons. The Bertz CT molecular complexity index is 1140. The van der Waals surface area contributed by atoms with Gasteiger partial charge in [-0.15, -0.1) is 0 Å². The van der Waals surface area contributed by atoms with E-state index in [-0.39, 0.29) is 18.4 Å². The van der Waals surface area contributed by atoms with Crippen LogP contribution in [0.25, 0.3) is 11.1 Å². The molecule has 0 radical (unpaired) electrons. The summed E-state index contributed by atoms with van der Waals surface area (Å²) in [6.45, 7) is 3.40. The van der Waals surface area contributed by atoms with Crippen molar-refractivity contribution in [2.45, 2.75) is 25.5 Å². The highest BCUT2D eigenvalue weighted by atomic mass is 16.5. The minimum atomic E-state index is -1.02. The fourth-order valence-electron chi connectivity index (χ4n) is 3.54. The fraction of sp³-hybridized carbons (Fsp3) is 0.240. The number of aromatic nitrogens is 1. The van der Waals surface area contributed by atoms with E-state index < -0.39 is 11.6 Å². The molecule has 2 aromatic carbocycles. The van der Waals surface area contributed by atoms with E-state index in [0.717, 1.165) is 11.1 Å². The molecule has 0 aliphatic carbocycles. The van der Waals surface area contributed by atoms with Crippen molar-refractivity contribution in [3.05, 3.63) is 78.1 Å². The second-order valence-electron chi connectivity index (χ2n) is 8.27. The Kier molecular flexibility index (Phi) is 5.67. The Morgan fingerprint density at radius 1 is 1.12 bits per heavy atom. The van der Waals surface area contributed by atoms with Gasteiger partial charge in [0.2, 0.25) is 0 Å². The van der Waals surface area contributed by atoms with Crippen molar-refractivity contribution < 1.29 is 19.4 Å². The summed E-state index contributed by atoms with van der Waals surface area (Å²) in [6, 6.07) is 17.2. The minimum Gasteiger partial charge on any atom is -0.489 e. The average molecular weight is 431 g/mol. The second-order valence-corrected chi connectivity index (χ2v) is 8.27. The second kappa shape index (κ2) is 8.43. The van der Waals surface area contributed by atoms with Gasteiger partial charge >= 0.3 is 0 Å². The SMILES string of the molecule is CN1C(=O)C(NC(=O)c2ccccc2)COc2ccc(-c3ccc(C(C)(C)O)nc3)cc21. The van der Waals surface area contributed by atoms with Crippen LogP contribution in [-0.2, 0) is 10.4 Å². The van der Waals surface area contributed by atoms with Crippen molar-refractivity contribution in [1.82, 2.24) is 10.3 Å². The molecule has 0 bridgehead atoms. The van der Waals surface area contributed by atoms with Gasteiger partial charge in [-0.3, -0.25) is 14.6 Å². The Balaban J connectivity index is 1.57. The Labute approximate surface area is 186 Å². The standard InChI is InChI=1S/C25H25N3O4/c1-25(2,31)22-12-10-18(14-26-22)17-9-11-21-20(13-17)28(3)24(30)19(15-32-21)27-23(29)16-7-5-4-6-8-16/h4-14,19,31H,15H2,1-3H3,(H,27,29). The average Bonchev–Trinajstić information content (AvgIpc) is 2.91. The summed E-state index contributed by atoms with van der Waals surface area (Å²) in [5.74, 6) is -0.0339. The van der Waals surface area contributed by atoms with Gasteiger partial charge in [-0.25, -0.2) is 0 Å². The summed E-state index contributed by atoms with van der Waals surface area (Å²) in [7, 11) is 1.66. The highest BCUT2D eigenvalue weighted by molar-refractivity contribution is 6.03. The highest BCUT2D eigenvalue weighted by Crippen LogP contribution is 2.35. The van der Waals surface area contributed by atoms with E-state index in [1.807, 2.05) is 24.3 Å². The van der Waals surface area contributed by atoms with Gasteiger partial charge in [0.05, 0.1) is 11.4 Å². The molecule has 1 unspecified atom stereocenters. The van der Waals surface area contributed by atoms with Gasteiger partial charge in [-0.2, -0.15) is 0 Å². The molecule has 32 heavy (non-hydrogen) atoms. The van der Waals surface area contributed by atoms with E-state index in [4.69, 9.17) is 4.74 Å². The fourth-order valence-corrected chi connectivity index (χ4v) is 3.54. The maximum absolute atomic E-state index is 13.1. The number of likely N-dealkylation sites (N-methyl/N-ethyl adjacent to an activating group) is 1. The molecule has 1 aromatic heterocycles. The molecule has 0 saturated heterocycles. The molecule has 1 aliphatic rings. The minimum absolute atomic E-state index is 0.0376. The van der Waals surface area contributed by atoms with Gasteiger partial charge in [-0.05, 0) is 49.7 Å². The number of benzene rings is 2. The maximum Gasteiger partial charge on any atom is 0.252 e. The monoisotopic (exact) mass is 431 g/mol. The van der Waals surface area contributed by atoms with E-state index in [0.29, 0.717) is 22.7 Å². The number of carbonyl (C=O) groups excluding carboxylic acids is 2. The molecule has 0 saturated carbocycles. The van der Waals surface area contributed by atoms with E-state index in [9.17, 15) is 14.7 Å². The van der Waals surface area contributed by atoms with Crippen LogP contribution in [-0.4, -0.2) is 41.6 Å². The van der Waals surface area contributed by atoms with E-state index in [2.05, 4.69) is 10.3 Å². The molecule has 0 fully saturated rings. The van der Waals surface area contributed by atoms with Crippen LogP contribution in [0.1, 0.15) is 29.9 Å². The molecular formula is C25H25N3O4. The molecular weight excluding hydrogens is 406 g/mol. The number of anilines is 1. The third kappa shape index (κ3) is 4.33. The summed E-state index contributed by atoms with van der Waals surface area (Å²) in [4.78, 5) is 31.4. The summed E-state index contributed by atoms with van der Waals surface area (Å²) >= 11 is 0. The number of ether oxygens (including phenoxy) is 1. The number of amides is 2. The van der Waals surface area contributed by atoms with E-state index >= 15 is 0 Å². The topological polar surface area (TPSA) is 91.8 Å². The summed E-state index contributed by atoms with van der Waals surface area (Å²) < 4.78 is 5.87. The van der Waals surface area contributed by atoms with Crippen LogP contribution in [0.4, 0.5) is 5.69 Å². The molecule has 2 N–H and O–H groups in total. The molecule has 1 aliphatic heterocycles. The predicted molar refractivity (Wildman–Crippen MR) is 122 cm³/mol. The number of hydrogen-bond acceptors (Lipinski definition) is 5. The van der Waals surface area contributed by atoms with Gasteiger partial charge in [0.25, 0.3) is 11.8 Å². The van der Waals surface area contributed by atoms with Crippen molar-refractivity contribution in [1.29, 1.82) is 0 Å². The van der Waals surface area contributed by atoms with E-state index in [1.165, 1.54) is 4.90 Å². The van der Waals surface area contributed by atoms with Gasteiger partial charge in [0.1, 0.15) is 24.0 Å². The first-order valence-corrected chi connectivity index (χ1v) is 10.3. The lowest BCUT2D eigenvalue weighted by molar-refractivity contribution is -0.120. The number of rotatable bonds is 4. The summed E-state index contributed by atoms with van der Waals surface area (Å²) in [6.07, 6.45) is 1.69.